The Morgan fingerprint density at radius 1 is 1.16 bits per heavy atom. The lowest BCUT2D eigenvalue weighted by Gasteiger charge is -2.07. The normalized spacial score (nSPS) is 11.0. The number of aromatic nitrogens is 3. The van der Waals surface area contributed by atoms with Gasteiger partial charge in [0.15, 0.2) is 5.82 Å². The topological polar surface area (TPSA) is 64.4 Å². The van der Waals surface area contributed by atoms with Gasteiger partial charge >= 0.3 is 0 Å². The molecule has 0 amide bonds. The molecule has 3 rings (SSSR count). The fourth-order valence-electron chi connectivity index (χ4n) is 2.23. The summed E-state index contributed by atoms with van der Waals surface area (Å²) in [6.45, 7) is 0. The van der Waals surface area contributed by atoms with E-state index >= 15 is 0 Å². The third-order valence-electron chi connectivity index (χ3n) is 3.51. The molecule has 2 aromatic carbocycles. The molecule has 8 heteroatoms. The summed E-state index contributed by atoms with van der Waals surface area (Å²) in [5.74, 6) is 1.99. The van der Waals surface area contributed by atoms with Gasteiger partial charge < -0.3 is 9.47 Å². The highest BCUT2D eigenvalue weighted by Crippen LogP contribution is 2.24. The maximum atomic E-state index is 5.38. The Morgan fingerprint density at radius 2 is 1.92 bits per heavy atom. The molecule has 0 unspecified atom stereocenters. The molecule has 1 heterocycles. The van der Waals surface area contributed by atoms with Gasteiger partial charge in [0.2, 0.25) is 4.77 Å². The smallest absolute Gasteiger partial charge is 0.216 e. The lowest BCUT2D eigenvalue weighted by atomic mass is 10.2. The summed E-state index contributed by atoms with van der Waals surface area (Å²) in [6, 6.07) is 13.3. The summed E-state index contributed by atoms with van der Waals surface area (Å²) in [6.07, 6.45) is 1.67. The van der Waals surface area contributed by atoms with E-state index < -0.39 is 0 Å². The highest BCUT2D eigenvalue weighted by molar-refractivity contribution is 9.10. The number of methoxy groups -OCH3 is 2. The van der Waals surface area contributed by atoms with Crippen molar-refractivity contribution in [2.75, 3.05) is 14.2 Å². The fraction of sp³-hybridized carbons (Fsp3) is 0.118. The number of benzene rings is 2. The summed E-state index contributed by atoms with van der Waals surface area (Å²) in [5, 5.41) is 11.5. The zero-order valence-electron chi connectivity index (χ0n) is 13.6. The Balaban J connectivity index is 1.99. The minimum atomic E-state index is 0.404. The molecule has 0 saturated carbocycles. The molecular formula is C17H15BrN4O2S. The van der Waals surface area contributed by atoms with Crippen LogP contribution in [-0.4, -0.2) is 35.3 Å². The SMILES string of the molecule is COc1ccc(/C=N\n2c(-c3ccc(Br)cc3)n[nH]c2=S)c(OC)c1. The largest absolute Gasteiger partial charge is 0.497 e. The molecule has 1 N–H and O–H groups in total. The van der Waals surface area contributed by atoms with Gasteiger partial charge in [-0.2, -0.15) is 14.9 Å². The number of ether oxygens (including phenoxy) is 2. The second-order valence-corrected chi connectivity index (χ2v) is 6.33. The molecule has 6 nitrogen and oxygen atoms in total. The van der Waals surface area contributed by atoms with Gasteiger partial charge in [0, 0.05) is 21.7 Å². The third kappa shape index (κ3) is 3.80. The van der Waals surface area contributed by atoms with E-state index in [4.69, 9.17) is 21.7 Å². The summed E-state index contributed by atoms with van der Waals surface area (Å²) < 4.78 is 13.5. The van der Waals surface area contributed by atoms with Crippen molar-refractivity contribution >= 4 is 34.4 Å². The second kappa shape index (κ2) is 7.62. The average molecular weight is 419 g/mol. The summed E-state index contributed by atoms with van der Waals surface area (Å²) in [4.78, 5) is 0. The van der Waals surface area contributed by atoms with Crippen molar-refractivity contribution in [2.24, 2.45) is 5.10 Å². The molecule has 1 aromatic heterocycles. The summed E-state index contributed by atoms with van der Waals surface area (Å²) >= 11 is 8.71. The first-order chi connectivity index (χ1) is 12.1. The Hall–Kier alpha value is -2.45. The number of hydrogen-bond donors (Lipinski definition) is 1. The molecule has 0 spiro atoms. The van der Waals surface area contributed by atoms with Gasteiger partial charge in [-0.1, -0.05) is 28.1 Å². The van der Waals surface area contributed by atoms with E-state index in [1.165, 1.54) is 0 Å². The Kier molecular flexibility index (Phi) is 5.30. The summed E-state index contributed by atoms with van der Waals surface area (Å²) in [5.41, 5.74) is 1.70. The number of nitrogens with one attached hydrogen (secondary N) is 1. The molecule has 25 heavy (non-hydrogen) atoms. The fourth-order valence-corrected chi connectivity index (χ4v) is 2.67. The van der Waals surface area contributed by atoms with Crippen molar-refractivity contribution in [1.29, 1.82) is 0 Å². The molecule has 0 saturated heterocycles. The number of halogens is 1. The predicted octanol–water partition coefficient (Wildman–Crippen LogP) is 4.27. The van der Waals surface area contributed by atoms with Gasteiger partial charge in [0.25, 0.3) is 0 Å². The van der Waals surface area contributed by atoms with E-state index in [9.17, 15) is 0 Å². The second-order valence-electron chi connectivity index (χ2n) is 5.02. The lowest BCUT2D eigenvalue weighted by molar-refractivity contribution is 0.394. The first kappa shape index (κ1) is 17.4. The number of aromatic amines is 1. The minimum absolute atomic E-state index is 0.404. The predicted molar refractivity (Wildman–Crippen MR) is 103 cm³/mol. The molecular weight excluding hydrogens is 404 g/mol. The zero-order valence-corrected chi connectivity index (χ0v) is 16.0. The number of H-pyrrole nitrogens is 1. The molecule has 128 valence electrons. The van der Waals surface area contributed by atoms with E-state index in [2.05, 4.69) is 31.2 Å². The van der Waals surface area contributed by atoms with Crippen LogP contribution in [0, 0.1) is 4.77 Å². The standard InChI is InChI=1S/C17H15BrN4O2S/c1-23-14-8-5-12(15(9-14)24-2)10-19-22-16(20-21-17(22)25)11-3-6-13(18)7-4-11/h3-10H,1-2H3,(H,21,25)/b19-10-. The molecule has 0 bridgehead atoms. The van der Waals surface area contributed by atoms with Crippen molar-refractivity contribution in [1.82, 2.24) is 14.9 Å². The molecule has 0 fully saturated rings. The van der Waals surface area contributed by atoms with Gasteiger partial charge in [0.05, 0.1) is 20.4 Å². The van der Waals surface area contributed by atoms with Crippen LogP contribution in [-0.2, 0) is 0 Å². The van der Waals surface area contributed by atoms with Crippen LogP contribution in [0.5, 0.6) is 11.5 Å². The Bertz CT molecular complexity index is 964. The van der Waals surface area contributed by atoms with Crippen LogP contribution in [0.2, 0.25) is 0 Å². The van der Waals surface area contributed by atoms with Gasteiger partial charge in [-0.05, 0) is 36.5 Å². The van der Waals surface area contributed by atoms with E-state index in [0.717, 1.165) is 15.6 Å². The van der Waals surface area contributed by atoms with Gasteiger partial charge in [-0.25, -0.2) is 5.10 Å². The van der Waals surface area contributed by atoms with E-state index in [0.29, 0.717) is 22.1 Å². The summed E-state index contributed by atoms with van der Waals surface area (Å²) in [7, 11) is 3.21. The molecule has 3 aromatic rings. The van der Waals surface area contributed by atoms with Crippen molar-refractivity contribution < 1.29 is 9.47 Å². The monoisotopic (exact) mass is 418 g/mol. The maximum Gasteiger partial charge on any atom is 0.216 e. The maximum absolute atomic E-state index is 5.38. The van der Waals surface area contributed by atoms with E-state index in [1.807, 2.05) is 36.4 Å². The molecule has 0 aliphatic heterocycles. The Labute approximate surface area is 158 Å². The molecule has 0 aliphatic carbocycles. The van der Waals surface area contributed by atoms with Crippen molar-refractivity contribution in [2.45, 2.75) is 0 Å². The van der Waals surface area contributed by atoms with E-state index in [1.54, 1.807) is 31.2 Å². The zero-order chi connectivity index (χ0) is 17.8. The Morgan fingerprint density at radius 3 is 2.60 bits per heavy atom. The van der Waals surface area contributed by atoms with Crippen LogP contribution in [0.15, 0.2) is 52.0 Å². The number of nitrogens with zero attached hydrogens (tertiary/aromatic N) is 3. The van der Waals surface area contributed by atoms with E-state index in [-0.39, 0.29) is 0 Å². The van der Waals surface area contributed by atoms with Crippen molar-refractivity contribution in [3.63, 3.8) is 0 Å². The molecule has 0 atom stereocenters. The van der Waals surface area contributed by atoms with Gasteiger partial charge in [-0.3, -0.25) is 0 Å². The number of rotatable bonds is 5. The van der Waals surface area contributed by atoms with Crippen LogP contribution < -0.4 is 9.47 Å². The highest BCUT2D eigenvalue weighted by Gasteiger charge is 2.09. The quantitative estimate of drug-likeness (QED) is 0.496. The third-order valence-corrected chi connectivity index (χ3v) is 4.30. The van der Waals surface area contributed by atoms with Crippen LogP contribution >= 0.6 is 28.1 Å². The highest BCUT2D eigenvalue weighted by atomic mass is 79.9. The molecule has 0 aliphatic rings. The molecule has 0 radical (unpaired) electrons. The van der Waals surface area contributed by atoms with Crippen LogP contribution in [0.25, 0.3) is 11.4 Å². The van der Waals surface area contributed by atoms with Crippen molar-refractivity contribution in [3.05, 3.63) is 57.3 Å². The number of hydrogen-bond acceptors (Lipinski definition) is 5. The minimum Gasteiger partial charge on any atom is -0.497 e. The van der Waals surface area contributed by atoms with Crippen molar-refractivity contribution in [3.8, 4) is 22.9 Å². The van der Waals surface area contributed by atoms with Crippen LogP contribution in [0.1, 0.15) is 5.56 Å². The van der Waals surface area contributed by atoms with Gasteiger partial charge in [0.1, 0.15) is 11.5 Å². The van der Waals surface area contributed by atoms with Crippen LogP contribution in [0.4, 0.5) is 0 Å². The average Bonchev–Trinajstić information content (AvgIpc) is 3.01. The first-order valence-corrected chi connectivity index (χ1v) is 8.52. The lowest BCUT2D eigenvalue weighted by Crippen LogP contribution is -1.97. The first-order valence-electron chi connectivity index (χ1n) is 7.32. The van der Waals surface area contributed by atoms with Crippen LogP contribution in [0.3, 0.4) is 0 Å². The van der Waals surface area contributed by atoms with Gasteiger partial charge in [-0.15, -0.1) is 0 Å².